The maximum atomic E-state index is 11.9. The van der Waals surface area contributed by atoms with Crippen LogP contribution in [0, 0.1) is 10.1 Å². The minimum absolute atomic E-state index is 0.0485. The molecule has 0 bridgehead atoms. The molecule has 134 valence electrons. The van der Waals surface area contributed by atoms with E-state index in [1.54, 1.807) is 12.1 Å². The molecule has 1 amide bonds. The smallest absolute Gasteiger partial charge is 0.293 e. The predicted octanol–water partition coefficient (Wildman–Crippen LogP) is 1.20. The SMILES string of the molecule is CC(=O)c1ccc(N2CCN(CC(=O)NC3CC3)CC2)c([N+](=O)[O-])c1. The third-order valence-electron chi connectivity index (χ3n) is 4.60. The zero-order chi connectivity index (χ0) is 18.0. The molecule has 3 rings (SSSR count). The van der Waals surface area contributed by atoms with Gasteiger partial charge in [0.05, 0.1) is 11.5 Å². The van der Waals surface area contributed by atoms with Gasteiger partial charge >= 0.3 is 0 Å². The maximum Gasteiger partial charge on any atom is 0.293 e. The molecule has 0 spiro atoms. The molecule has 25 heavy (non-hydrogen) atoms. The second kappa shape index (κ2) is 7.18. The molecule has 1 aromatic rings. The van der Waals surface area contributed by atoms with Gasteiger partial charge in [-0.1, -0.05) is 0 Å². The topological polar surface area (TPSA) is 95.8 Å². The average molecular weight is 346 g/mol. The Hall–Kier alpha value is -2.48. The first-order chi connectivity index (χ1) is 11.9. The summed E-state index contributed by atoms with van der Waals surface area (Å²) in [6.45, 7) is 4.32. The van der Waals surface area contributed by atoms with Gasteiger partial charge in [-0.3, -0.25) is 24.6 Å². The van der Waals surface area contributed by atoms with Crippen LogP contribution in [-0.2, 0) is 4.79 Å². The van der Waals surface area contributed by atoms with Gasteiger partial charge in [0.25, 0.3) is 5.69 Å². The van der Waals surface area contributed by atoms with Gasteiger partial charge in [0, 0.05) is 43.9 Å². The Bertz CT molecular complexity index is 694. The van der Waals surface area contributed by atoms with Crippen LogP contribution in [0.25, 0.3) is 0 Å². The highest BCUT2D eigenvalue weighted by atomic mass is 16.6. The summed E-state index contributed by atoms with van der Waals surface area (Å²) in [6.07, 6.45) is 2.14. The summed E-state index contributed by atoms with van der Waals surface area (Å²) in [4.78, 5) is 38.2. The van der Waals surface area contributed by atoms with Gasteiger partial charge in [-0.05, 0) is 31.9 Å². The highest BCUT2D eigenvalue weighted by Crippen LogP contribution is 2.30. The molecule has 1 aliphatic carbocycles. The van der Waals surface area contributed by atoms with Crippen molar-refractivity contribution in [3.05, 3.63) is 33.9 Å². The predicted molar refractivity (Wildman–Crippen MR) is 92.9 cm³/mol. The second-order valence-electron chi connectivity index (χ2n) is 6.62. The number of hydrogen-bond acceptors (Lipinski definition) is 6. The molecule has 1 aromatic carbocycles. The van der Waals surface area contributed by atoms with Crippen LogP contribution in [0.1, 0.15) is 30.1 Å². The van der Waals surface area contributed by atoms with Crippen molar-refractivity contribution in [1.29, 1.82) is 0 Å². The van der Waals surface area contributed by atoms with E-state index < -0.39 is 4.92 Å². The van der Waals surface area contributed by atoms with E-state index in [9.17, 15) is 19.7 Å². The molecule has 8 heteroatoms. The summed E-state index contributed by atoms with van der Waals surface area (Å²) < 4.78 is 0. The van der Waals surface area contributed by atoms with Gasteiger partial charge < -0.3 is 10.2 Å². The number of nitro benzene ring substituents is 1. The molecule has 2 aliphatic rings. The molecule has 1 N–H and O–H groups in total. The van der Waals surface area contributed by atoms with Crippen LogP contribution >= 0.6 is 0 Å². The summed E-state index contributed by atoms with van der Waals surface area (Å²) in [6, 6.07) is 4.97. The van der Waals surface area contributed by atoms with Crippen LogP contribution in [0.2, 0.25) is 0 Å². The number of nitrogens with zero attached hydrogens (tertiary/aromatic N) is 3. The lowest BCUT2D eigenvalue weighted by molar-refractivity contribution is -0.384. The van der Waals surface area contributed by atoms with Crippen molar-refractivity contribution in [2.24, 2.45) is 0 Å². The molecular weight excluding hydrogens is 324 g/mol. The number of benzene rings is 1. The number of amides is 1. The zero-order valence-corrected chi connectivity index (χ0v) is 14.2. The maximum absolute atomic E-state index is 11.9. The van der Waals surface area contributed by atoms with Gasteiger partial charge in [0.2, 0.25) is 5.91 Å². The van der Waals surface area contributed by atoms with E-state index in [0.717, 1.165) is 12.8 Å². The van der Waals surface area contributed by atoms with Crippen molar-refractivity contribution in [2.45, 2.75) is 25.8 Å². The van der Waals surface area contributed by atoms with E-state index in [0.29, 0.717) is 50.0 Å². The average Bonchev–Trinajstić information content (AvgIpc) is 3.38. The normalized spacial score (nSPS) is 18.0. The van der Waals surface area contributed by atoms with E-state index in [2.05, 4.69) is 10.2 Å². The Morgan fingerprint density at radius 2 is 1.92 bits per heavy atom. The molecule has 1 heterocycles. The van der Waals surface area contributed by atoms with Crippen molar-refractivity contribution in [1.82, 2.24) is 10.2 Å². The van der Waals surface area contributed by atoms with Gasteiger partial charge in [-0.15, -0.1) is 0 Å². The number of piperazine rings is 1. The van der Waals surface area contributed by atoms with Gasteiger partial charge in [0.1, 0.15) is 5.69 Å². The molecule has 1 saturated carbocycles. The largest absolute Gasteiger partial charge is 0.363 e. The fourth-order valence-electron chi connectivity index (χ4n) is 3.01. The van der Waals surface area contributed by atoms with E-state index in [4.69, 9.17) is 0 Å². The molecule has 0 atom stereocenters. The molecule has 8 nitrogen and oxygen atoms in total. The van der Waals surface area contributed by atoms with Crippen LogP contribution in [0.3, 0.4) is 0 Å². The number of carbonyl (C=O) groups is 2. The van der Waals surface area contributed by atoms with Gasteiger partial charge in [-0.2, -0.15) is 0 Å². The lowest BCUT2D eigenvalue weighted by Crippen LogP contribution is -2.49. The Kier molecular flexibility index (Phi) is 4.98. The number of rotatable bonds is 6. The van der Waals surface area contributed by atoms with E-state index in [1.165, 1.54) is 13.0 Å². The Balaban J connectivity index is 1.62. The first-order valence-electron chi connectivity index (χ1n) is 8.50. The highest BCUT2D eigenvalue weighted by Gasteiger charge is 2.27. The van der Waals surface area contributed by atoms with Gasteiger partial charge in [0.15, 0.2) is 5.78 Å². The van der Waals surface area contributed by atoms with Crippen LogP contribution in [0.5, 0.6) is 0 Å². The number of nitro groups is 1. The molecule has 0 radical (unpaired) electrons. The zero-order valence-electron chi connectivity index (χ0n) is 14.2. The van der Waals surface area contributed by atoms with E-state index in [-0.39, 0.29) is 17.4 Å². The minimum atomic E-state index is -0.447. The summed E-state index contributed by atoms with van der Waals surface area (Å²) in [5.74, 6) is -0.145. The number of ketones is 1. The Labute approximate surface area is 145 Å². The number of nitrogens with one attached hydrogen (secondary N) is 1. The summed E-state index contributed by atoms with van der Waals surface area (Å²) in [5.41, 5.74) is 0.815. The lowest BCUT2D eigenvalue weighted by Gasteiger charge is -2.35. The van der Waals surface area contributed by atoms with Crippen molar-refractivity contribution in [3.63, 3.8) is 0 Å². The van der Waals surface area contributed by atoms with Gasteiger partial charge in [-0.25, -0.2) is 0 Å². The molecule has 1 aliphatic heterocycles. The second-order valence-corrected chi connectivity index (χ2v) is 6.62. The molecule has 0 aromatic heterocycles. The highest BCUT2D eigenvalue weighted by molar-refractivity contribution is 5.95. The van der Waals surface area contributed by atoms with Crippen LogP contribution in [0.15, 0.2) is 18.2 Å². The van der Waals surface area contributed by atoms with E-state index in [1.807, 2.05) is 4.90 Å². The summed E-state index contributed by atoms with van der Waals surface area (Å²) >= 11 is 0. The van der Waals surface area contributed by atoms with Crippen molar-refractivity contribution in [3.8, 4) is 0 Å². The first kappa shape index (κ1) is 17.3. The quantitative estimate of drug-likeness (QED) is 0.472. The van der Waals surface area contributed by atoms with Crippen molar-refractivity contribution in [2.75, 3.05) is 37.6 Å². The minimum Gasteiger partial charge on any atom is -0.363 e. The van der Waals surface area contributed by atoms with Crippen LogP contribution in [0.4, 0.5) is 11.4 Å². The van der Waals surface area contributed by atoms with E-state index >= 15 is 0 Å². The monoisotopic (exact) mass is 346 g/mol. The third kappa shape index (κ3) is 4.33. The van der Waals surface area contributed by atoms with Crippen LogP contribution in [-0.4, -0.2) is 60.3 Å². The standard InChI is InChI=1S/C17H22N4O4/c1-12(22)13-2-5-15(16(10-13)21(24)25)20-8-6-19(7-9-20)11-17(23)18-14-3-4-14/h2,5,10,14H,3-4,6-9,11H2,1H3,(H,18,23). The van der Waals surface area contributed by atoms with Crippen molar-refractivity contribution >= 4 is 23.1 Å². The molecular formula is C17H22N4O4. The van der Waals surface area contributed by atoms with Crippen LogP contribution < -0.4 is 10.2 Å². The fourth-order valence-corrected chi connectivity index (χ4v) is 3.01. The number of carbonyl (C=O) groups excluding carboxylic acids is 2. The van der Waals surface area contributed by atoms with Crippen molar-refractivity contribution < 1.29 is 14.5 Å². The number of anilines is 1. The Morgan fingerprint density at radius 3 is 2.48 bits per heavy atom. The summed E-state index contributed by atoms with van der Waals surface area (Å²) in [7, 11) is 0. The fraction of sp³-hybridized carbons (Fsp3) is 0.529. The molecule has 0 unspecified atom stereocenters. The summed E-state index contributed by atoms with van der Waals surface area (Å²) in [5, 5.41) is 14.3. The number of hydrogen-bond donors (Lipinski definition) is 1. The number of Topliss-reactive ketones (excluding diaryl/α,β-unsaturated/α-hetero) is 1. The molecule has 1 saturated heterocycles. The lowest BCUT2D eigenvalue weighted by atomic mass is 10.1. The first-order valence-corrected chi connectivity index (χ1v) is 8.50. The third-order valence-corrected chi connectivity index (χ3v) is 4.60. The Morgan fingerprint density at radius 1 is 1.24 bits per heavy atom. The molecule has 2 fully saturated rings.